The fourth-order valence-corrected chi connectivity index (χ4v) is 1.04. The number of methoxy groups -OCH3 is 1. The molecule has 1 N–H and O–H groups in total. The van der Waals surface area contributed by atoms with Gasteiger partial charge in [0, 0.05) is 20.0 Å². The average Bonchev–Trinajstić information content (AvgIpc) is 2.51. The number of hydrogen-bond donors (Lipinski definition) is 1. The fraction of sp³-hybridized carbons (Fsp3) is 0.727. The third-order valence-electron chi connectivity index (χ3n) is 2.12. The molecule has 0 aliphatic heterocycles. The molecule has 0 spiro atoms. The van der Waals surface area contributed by atoms with Crippen molar-refractivity contribution in [2.45, 2.75) is 38.9 Å². The largest absolute Gasteiger partial charge is 0.366 e. The van der Waals surface area contributed by atoms with Crippen LogP contribution in [0.4, 0.5) is 0 Å². The maximum Gasteiger partial charge on any atom is 0.159 e. The molecule has 0 amide bonds. The van der Waals surface area contributed by atoms with Crippen LogP contribution in [0.25, 0.3) is 0 Å². The summed E-state index contributed by atoms with van der Waals surface area (Å²) < 4.78 is 4.49. The number of carbonyl (C=O) groups excluding carboxylic acids is 1. The first kappa shape index (κ1) is 13.3. The van der Waals surface area contributed by atoms with Crippen molar-refractivity contribution in [1.82, 2.24) is 0 Å². The Morgan fingerprint density at radius 1 is 1.64 bits per heavy atom. The zero-order valence-electron chi connectivity index (χ0n) is 9.25. The highest BCUT2D eigenvalue weighted by Crippen LogP contribution is 2.21. The van der Waals surface area contributed by atoms with E-state index in [2.05, 4.69) is 11.3 Å². The van der Waals surface area contributed by atoms with Gasteiger partial charge in [0.2, 0.25) is 0 Å². The maximum absolute atomic E-state index is 10.6. The average molecular weight is 200 g/mol. The lowest BCUT2D eigenvalue weighted by Gasteiger charge is -2.12. The summed E-state index contributed by atoms with van der Waals surface area (Å²) >= 11 is 0. The van der Waals surface area contributed by atoms with E-state index in [0.29, 0.717) is 11.7 Å². The number of ether oxygens (including phenoxy) is 1. The Balaban J connectivity index is 0.000000255. The fourth-order valence-electron chi connectivity index (χ4n) is 1.04. The summed E-state index contributed by atoms with van der Waals surface area (Å²) in [6.45, 7) is 6.78. The van der Waals surface area contributed by atoms with E-state index in [4.69, 9.17) is 5.11 Å². The summed E-state index contributed by atoms with van der Waals surface area (Å²) in [4.78, 5) is 10.6. The van der Waals surface area contributed by atoms with E-state index in [1.165, 1.54) is 7.11 Å². The van der Waals surface area contributed by atoms with Crippen LogP contribution in [0.2, 0.25) is 0 Å². The highest BCUT2D eigenvalue weighted by molar-refractivity contribution is 5.80. The van der Waals surface area contributed by atoms with Crippen LogP contribution in [0.1, 0.15) is 33.1 Å². The van der Waals surface area contributed by atoms with Gasteiger partial charge in [-0.1, -0.05) is 6.08 Å². The third-order valence-corrected chi connectivity index (χ3v) is 2.12. The van der Waals surface area contributed by atoms with E-state index in [1.807, 2.05) is 6.08 Å². The second-order valence-corrected chi connectivity index (χ2v) is 3.93. The molecular weight excluding hydrogens is 180 g/mol. The molecule has 14 heavy (non-hydrogen) atoms. The van der Waals surface area contributed by atoms with E-state index in [-0.39, 0.29) is 0 Å². The van der Waals surface area contributed by atoms with Gasteiger partial charge >= 0.3 is 0 Å². The zero-order valence-corrected chi connectivity index (χ0v) is 9.25. The van der Waals surface area contributed by atoms with Crippen molar-refractivity contribution >= 4 is 5.78 Å². The summed E-state index contributed by atoms with van der Waals surface area (Å²) in [6, 6.07) is 0. The highest BCUT2D eigenvalue weighted by Gasteiger charge is 2.18. The van der Waals surface area contributed by atoms with Crippen molar-refractivity contribution in [1.29, 1.82) is 0 Å². The van der Waals surface area contributed by atoms with Gasteiger partial charge in [0.15, 0.2) is 5.79 Å². The molecule has 1 saturated carbocycles. The van der Waals surface area contributed by atoms with Crippen molar-refractivity contribution < 1.29 is 14.6 Å². The highest BCUT2D eigenvalue weighted by atomic mass is 16.6. The molecule has 1 aliphatic carbocycles. The van der Waals surface area contributed by atoms with Gasteiger partial charge in [0.05, 0.1) is 0 Å². The molecule has 3 heteroatoms. The molecule has 0 aromatic carbocycles. The maximum atomic E-state index is 10.6. The number of rotatable bonds is 2. The number of hydrogen-bond acceptors (Lipinski definition) is 3. The van der Waals surface area contributed by atoms with Crippen LogP contribution in [0.5, 0.6) is 0 Å². The van der Waals surface area contributed by atoms with Crippen LogP contribution in [-0.4, -0.2) is 23.8 Å². The lowest BCUT2D eigenvalue weighted by molar-refractivity contribution is -0.155. The number of allylic oxidation sites excluding steroid dienone is 1. The van der Waals surface area contributed by atoms with E-state index < -0.39 is 5.79 Å². The van der Waals surface area contributed by atoms with Gasteiger partial charge in [-0.25, -0.2) is 0 Å². The number of ketones is 1. The lowest BCUT2D eigenvalue weighted by atomic mass is 10.1. The smallest absolute Gasteiger partial charge is 0.159 e. The van der Waals surface area contributed by atoms with Crippen molar-refractivity contribution in [3.8, 4) is 0 Å². The minimum Gasteiger partial charge on any atom is -0.366 e. The summed E-state index contributed by atoms with van der Waals surface area (Å²) in [5, 5.41) is 8.60. The molecule has 0 aromatic rings. The van der Waals surface area contributed by atoms with E-state index in [0.717, 1.165) is 19.3 Å². The third kappa shape index (κ3) is 6.80. The molecule has 1 atom stereocenters. The molecule has 0 radical (unpaired) electrons. The number of Topliss-reactive ketones (excluding diaryl/α,β-unsaturated/α-hetero) is 1. The summed E-state index contributed by atoms with van der Waals surface area (Å²) in [6.07, 6.45) is 4.42. The Morgan fingerprint density at radius 3 is 2.29 bits per heavy atom. The Kier molecular flexibility index (Phi) is 5.65. The van der Waals surface area contributed by atoms with Gasteiger partial charge in [-0.3, -0.25) is 4.79 Å². The van der Waals surface area contributed by atoms with Gasteiger partial charge in [0.25, 0.3) is 0 Å². The molecule has 1 aliphatic rings. The van der Waals surface area contributed by atoms with Gasteiger partial charge < -0.3 is 9.84 Å². The summed E-state index contributed by atoms with van der Waals surface area (Å²) in [5.74, 6) is -0.0719. The Bertz CT molecular complexity index is 191. The zero-order chi connectivity index (χ0) is 11.2. The van der Waals surface area contributed by atoms with Gasteiger partial charge in [-0.2, -0.15) is 0 Å². The standard InChI is InChI=1S/C7H10O.C4H10O2/c1-2-6-3-4-7(8)5-6;1-4(2,5)6-3/h2,6H,1,3-5H2;5H,1-3H3. The Hall–Kier alpha value is -0.670. The minimum absolute atomic E-state index is 0.398. The lowest BCUT2D eigenvalue weighted by Crippen LogP contribution is -2.20. The second kappa shape index (κ2) is 5.94. The van der Waals surface area contributed by atoms with E-state index >= 15 is 0 Å². The van der Waals surface area contributed by atoms with Gasteiger partial charge in [-0.15, -0.1) is 6.58 Å². The van der Waals surface area contributed by atoms with Crippen LogP contribution < -0.4 is 0 Å². The first-order chi connectivity index (χ1) is 6.39. The monoisotopic (exact) mass is 200 g/mol. The molecular formula is C11H20O3. The van der Waals surface area contributed by atoms with Crippen LogP contribution in [0.15, 0.2) is 12.7 Å². The normalized spacial score (nSPS) is 21.4. The summed E-state index contributed by atoms with van der Waals surface area (Å²) in [5.41, 5.74) is 0. The van der Waals surface area contributed by atoms with Crippen molar-refractivity contribution in [3.05, 3.63) is 12.7 Å². The first-order valence-corrected chi connectivity index (χ1v) is 4.81. The Morgan fingerprint density at radius 2 is 2.14 bits per heavy atom. The molecule has 1 rings (SSSR count). The predicted molar refractivity (Wildman–Crippen MR) is 55.9 cm³/mol. The molecule has 1 unspecified atom stereocenters. The van der Waals surface area contributed by atoms with E-state index in [9.17, 15) is 4.79 Å². The second-order valence-electron chi connectivity index (χ2n) is 3.93. The molecule has 1 fully saturated rings. The quantitative estimate of drug-likeness (QED) is 0.547. The van der Waals surface area contributed by atoms with E-state index in [1.54, 1.807) is 13.8 Å². The summed E-state index contributed by atoms with van der Waals surface area (Å²) in [7, 11) is 1.46. The van der Waals surface area contributed by atoms with Gasteiger partial charge in [0.1, 0.15) is 5.78 Å². The van der Waals surface area contributed by atoms with Crippen molar-refractivity contribution in [3.63, 3.8) is 0 Å². The van der Waals surface area contributed by atoms with Crippen LogP contribution in [-0.2, 0) is 9.53 Å². The van der Waals surface area contributed by atoms with Crippen molar-refractivity contribution in [2.24, 2.45) is 5.92 Å². The molecule has 0 bridgehead atoms. The number of carbonyl (C=O) groups is 1. The molecule has 0 saturated heterocycles. The van der Waals surface area contributed by atoms with Crippen molar-refractivity contribution in [2.75, 3.05) is 7.11 Å². The predicted octanol–water partition coefficient (Wildman–Crippen LogP) is 1.90. The molecule has 82 valence electrons. The SMILES string of the molecule is C=CC1CCC(=O)C1.COC(C)(C)O. The van der Waals surface area contributed by atoms with Crippen LogP contribution in [0, 0.1) is 5.92 Å². The molecule has 3 nitrogen and oxygen atoms in total. The minimum atomic E-state index is -0.958. The Labute approximate surface area is 85.8 Å². The first-order valence-electron chi connectivity index (χ1n) is 4.81. The van der Waals surface area contributed by atoms with Gasteiger partial charge in [-0.05, 0) is 26.2 Å². The molecule has 0 aromatic heterocycles. The van der Waals surface area contributed by atoms with Crippen LogP contribution in [0.3, 0.4) is 0 Å². The van der Waals surface area contributed by atoms with Crippen LogP contribution >= 0.6 is 0 Å². The number of aliphatic hydroxyl groups is 1. The topological polar surface area (TPSA) is 46.5 Å². The molecule has 0 heterocycles.